The molecular formula is C87H138NO9P3. The monoisotopic (exact) mass is 1430 g/mol. The van der Waals surface area contributed by atoms with E-state index in [0.29, 0.717) is 39.5 Å². The van der Waals surface area contributed by atoms with E-state index in [1.54, 1.807) is 0 Å². The summed E-state index contributed by atoms with van der Waals surface area (Å²) in [5.41, 5.74) is 12.0. The molecule has 0 saturated carbocycles. The summed E-state index contributed by atoms with van der Waals surface area (Å²) >= 11 is 0. The highest BCUT2D eigenvalue weighted by molar-refractivity contribution is 7.42. The molecule has 3 heterocycles. The molecule has 9 atom stereocenters. The summed E-state index contributed by atoms with van der Waals surface area (Å²) < 4.78 is 65.9. The zero-order chi connectivity index (χ0) is 75.3. The average Bonchev–Trinajstić information content (AvgIpc) is 0.714. The van der Waals surface area contributed by atoms with Crippen molar-refractivity contribution in [2.45, 2.75) is 287 Å². The van der Waals surface area contributed by atoms with Gasteiger partial charge < -0.3 is 27.1 Å². The maximum Gasteiger partial charge on any atom is 0.397 e. The van der Waals surface area contributed by atoms with Crippen molar-refractivity contribution in [3.8, 4) is 0 Å². The third-order valence-corrected chi connectivity index (χ3v) is 25.5. The maximum atomic E-state index is 7.46. The van der Waals surface area contributed by atoms with E-state index >= 15 is 0 Å². The molecule has 0 aromatic rings. The molecule has 3 spiro atoms. The van der Waals surface area contributed by atoms with E-state index in [-0.39, 0.29) is 83.3 Å². The summed E-state index contributed by atoms with van der Waals surface area (Å²) in [6.07, 6.45) is 23.7. The van der Waals surface area contributed by atoms with Crippen LogP contribution in [0.1, 0.15) is 269 Å². The Morgan fingerprint density at radius 3 is 0.710 bits per heavy atom. The van der Waals surface area contributed by atoms with Crippen molar-refractivity contribution in [1.82, 2.24) is 4.90 Å². The Morgan fingerprint density at radius 2 is 0.530 bits per heavy atom. The summed E-state index contributed by atoms with van der Waals surface area (Å²) in [6.45, 7) is 86.5. The number of rotatable bonds is 12. The standard InChI is InChI=1S/C87H138NO9P3/c1-73(2,3)55-43-61(79(19,20)21)67-85(49-55)50-56(74(4,5)6)44-62(80(22,23)24)68(85)93-98(92-67)89-40-37-88(38-41-90-99-94-69-63(81(25,26)27)45-57(75(7,8)9)51-86(69)52-58(76(10,11)12)46-64(70(86)95-99)82(28,29)30)39-42-91-100-96-71-65(83(31,32)33)47-59(77(13,14)15)53-87(71)54-60(78(16,17)18)48-66(72(87)97-100)84(34,35)36/h43-49,51,53,67,69,71H,37-42,50,52,54H2,1-36H3. The molecule has 0 aromatic carbocycles. The van der Waals surface area contributed by atoms with Gasteiger partial charge in [-0.05, 0) is 134 Å². The second-order valence-electron chi connectivity index (χ2n) is 43.2. The Kier molecular flexibility index (Phi) is 21.9. The Bertz CT molecular complexity index is 3190. The second kappa shape index (κ2) is 26.9. The van der Waals surface area contributed by atoms with Gasteiger partial charge in [0.25, 0.3) is 0 Å². The lowest BCUT2D eigenvalue weighted by atomic mass is 9.57. The van der Waals surface area contributed by atoms with E-state index < -0.39 is 42.1 Å². The van der Waals surface area contributed by atoms with Crippen LogP contribution in [0.15, 0.2) is 139 Å². The molecule has 560 valence electrons. The maximum absolute atomic E-state index is 7.46. The molecule has 3 fully saturated rings. The van der Waals surface area contributed by atoms with E-state index in [1.807, 2.05) is 0 Å². The fraction of sp³-hybridized carbons (Fsp3) is 0.724. The molecule has 0 radical (unpaired) electrons. The first-order valence-corrected chi connectivity index (χ1v) is 41.1. The Hall–Kier alpha value is -2.71. The number of nitrogens with zero attached hydrogens (tertiary/aromatic N) is 1. The molecule has 9 unspecified atom stereocenters. The lowest BCUT2D eigenvalue weighted by molar-refractivity contribution is 0.00705. The normalized spacial score (nSPS) is 29.2. The highest BCUT2D eigenvalue weighted by Gasteiger charge is 2.62. The lowest BCUT2D eigenvalue weighted by Crippen LogP contribution is -2.49. The summed E-state index contributed by atoms with van der Waals surface area (Å²) in [7, 11) is -5.59. The molecule has 0 amide bonds. The first-order valence-electron chi connectivity index (χ1n) is 37.8. The van der Waals surface area contributed by atoms with Gasteiger partial charge in [0.1, 0.15) is 35.6 Å². The molecular weight excluding hydrogens is 1300 g/mol. The Balaban J connectivity index is 1.08. The molecule has 0 aromatic heterocycles. The molecule has 3 saturated heterocycles. The van der Waals surface area contributed by atoms with Gasteiger partial charge >= 0.3 is 25.8 Å². The van der Waals surface area contributed by atoms with Crippen LogP contribution in [0.25, 0.3) is 0 Å². The van der Waals surface area contributed by atoms with Crippen molar-refractivity contribution in [3.05, 3.63) is 139 Å². The third kappa shape index (κ3) is 16.7. The van der Waals surface area contributed by atoms with Crippen molar-refractivity contribution in [1.29, 1.82) is 0 Å². The highest BCUT2D eigenvalue weighted by atomic mass is 31.2. The second-order valence-corrected chi connectivity index (χ2v) is 46.5. The van der Waals surface area contributed by atoms with Crippen molar-refractivity contribution < 1.29 is 40.7 Å². The molecule has 100 heavy (non-hydrogen) atoms. The van der Waals surface area contributed by atoms with Crippen LogP contribution in [0, 0.1) is 81.2 Å². The van der Waals surface area contributed by atoms with Gasteiger partial charge in [0.15, 0.2) is 0 Å². The zero-order valence-electron chi connectivity index (χ0n) is 69.8. The van der Waals surface area contributed by atoms with Crippen molar-refractivity contribution in [2.24, 2.45) is 81.2 Å². The van der Waals surface area contributed by atoms with E-state index in [1.165, 1.54) is 66.9 Å². The van der Waals surface area contributed by atoms with Gasteiger partial charge in [0, 0.05) is 19.6 Å². The van der Waals surface area contributed by atoms with Crippen LogP contribution in [0.2, 0.25) is 0 Å². The minimum atomic E-state index is -1.86. The fourth-order valence-electron chi connectivity index (χ4n) is 15.4. The molecule has 9 rings (SSSR count). The fourth-order valence-corrected chi connectivity index (χ4v) is 19.3. The predicted molar refractivity (Wildman–Crippen MR) is 421 cm³/mol. The van der Waals surface area contributed by atoms with Crippen molar-refractivity contribution in [2.75, 3.05) is 39.5 Å². The predicted octanol–water partition coefficient (Wildman–Crippen LogP) is 26.1. The number of hydrogen-bond acceptors (Lipinski definition) is 10. The summed E-state index contributed by atoms with van der Waals surface area (Å²) in [4.78, 5) is 2.38. The number of hydrogen-bond donors (Lipinski definition) is 0. The Labute approximate surface area is 614 Å². The first kappa shape index (κ1) is 81.4. The van der Waals surface area contributed by atoms with Crippen LogP contribution in [-0.4, -0.2) is 62.7 Å². The van der Waals surface area contributed by atoms with Crippen LogP contribution in [0.5, 0.6) is 0 Å². The van der Waals surface area contributed by atoms with Gasteiger partial charge in [0.2, 0.25) is 0 Å². The van der Waals surface area contributed by atoms with E-state index in [4.69, 9.17) is 40.7 Å². The van der Waals surface area contributed by atoms with Gasteiger partial charge in [-0.25, -0.2) is 0 Å². The van der Waals surface area contributed by atoms with E-state index in [0.717, 1.165) is 36.5 Å². The zero-order valence-corrected chi connectivity index (χ0v) is 72.4. The minimum absolute atomic E-state index is 0.0741. The molecule has 10 nitrogen and oxygen atoms in total. The number of allylic oxidation sites excluding steroid dienone is 15. The van der Waals surface area contributed by atoms with Crippen LogP contribution in [-0.2, 0) is 40.7 Å². The molecule has 0 bridgehead atoms. The van der Waals surface area contributed by atoms with Gasteiger partial charge in [-0.3, -0.25) is 18.5 Å². The van der Waals surface area contributed by atoms with Crippen molar-refractivity contribution in [3.63, 3.8) is 0 Å². The molecule has 0 N–H and O–H groups in total. The summed E-state index contributed by atoms with van der Waals surface area (Å²) in [5.74, 6) is 2.97. The van der Waals surface area contributed by atoms with Gasteiger partial charge in [-0.1, -0.05) is 321 Å². The molecule has 13 heteroatoms. The average molecular weight is 1430 g/mol. The van der Waals surface area contributed by atoms with Crippen LogP contribution in [0.3, 0.4) is 0 Å². The SMILES string of the molecule is CC(C)(C)C1=CC23CC(C(C)(C)C)=CC(C(C)(C)C)=C2OP(OCCN(CCOP2OC4=C(C(C)(C)C)C=C(C(C)(C)C)CC45C=C(C(C)(C)C)C=C(C(C)(C)C)C5O2)CCOP2OC4=C(C(C)(C)C)C=C(C(C)(C)C)CC45C=C(C(C)(C)C)C=C(C(C)(C)C)C5O2)OC3C(C(C)(C)C)=C1. The third-order valence-electron chi connectivity index (χ3n) is 22.2. The summed E-state index contributed by atoms with van der Waals surface area (Å²) in [6, 6.07) is 0. The Morgan fingerprint density at radius 1 is 0.310 bits per heavy atom. The van der Waals surface area contributed by atoms with Gasteiger partial charge in [0.05, 0.1) is 36.1 Å². The van der Waals surface area contributed by atoms with E-state index in [2.05, 4.69) is 309 Å². The largest absolute Gasteiger partial charge is 0.430 e. The van der Waals surface area contributed by atoms with Crippen LogP contribution < -0.4 is 0 Å². The highest BCUT2D eigenvalue weighted by Crippen LogP contribution is 2.71. The van der Waals surface area contributed by atoms with Crippen molar-refractivity contribution >= 4 is 25.8 Å². The van der Waals surface area contributed by atoms with Gasteiger partial charge in [-0.2, -0.15) is 0 Å². The topological polar surface area (TPSA) is 86.3 Å². The first-order chi connectivity index (χ1) is 45.0. The smallest absolute Gasteiger partial charge is 0.397 e. The molecule has 3 aliphatic heterocycles. The minimum Gasteiger partial charge on any atom is -0.430 e. The molecule has 9 aliphatic rings. The van der Waals surface area contributed by atoms with E-state index in [9.17, 15) is 0 Å². The summed E-state index contributed by atoms with van der Waals surface area (Å²) in [5, 5.41) is 0. The van der Waals surface area contributed by atoms with Crippen LogP contribution >= 0.6 is 25.8 Å². The van der Waals surface area contributed by atoms with Gasteiger partial charge in [-0.15, -0.1) is 0 Å². The quantitative estimate of drug-likeness (QED) is 0.176. The molecule has 6 aliphatic carbocycles. The van der Waals surface area contributed by atoms with Crippen LogP contribution in [0.4, 0.5) is 0 Å². The lowest BCUT2D eigenvalue weighted by Gasteiger charge is -2.54.